The van der Waals surface area contributed by atoms with Gasteiger partial charge in [-0.3, -0.25) is 14.5 Å². The van der Waals surface area contributed by atoms with E-state index in [1.807, 2.05) is 24.3 Å². The molecule has 1 heterocycles. The number of morpholine rings is 1. The molecule has 26 heavy (non-hydrogen) atoms. The lowest BCUT2D eigenvalue weighted by atomic mass is 9.85. The van der Waals surface area contributed by atoms with Crippen molar-refractivity contribution in [3.63, 3.8) is 0 Å². The first-order chi connectivity index (χ1) is 12.3. The molecule has 0 aromatic heterocycles. The maximum absolute atomic E-state index is 12.4. The van der Waals surface area contributed by atoms with E-state index >= 15 is 0 Å². The molecule has 0 aliphatic carbocycles. The second-order valence-electron chi connectivity index (χ2n) is 7.68. The summed E-state index contributed by atoms with van der Waals surface area (Å²) < 4.78 is 5.32. The van der Waals surface area contributed by atoms with Crippen molar-refractivity contribution in [2.75, 3.05) is 50.8 Å². The molecule has 0 spiro atoms. The Morgan fingerprint density at radius 2 is 1.85 bits per heavy atom. The quantitative estimate of drug-likeness (QED) is 0.839. The molecule has 2 amide bonds. The fraction of sp³-hybridized carbons (Fsp3) is 0.600. The summed E-state index contributed by atoms with van der Waals surface area (Å²) in [5, 5.41) is 2.93. The number of nitrogens with one attached hydrogen (secondary N) is 1. The molecule has 1 aromatic rings. The number of benzene rings is 1. The van der Waals surface area contributed by atoms with Crippen LogP contribution in [-0.2, 0) is 19.7 Å². The van der Waals surface area contributed by atoms with Crippen molar-refractivity contribution in [3.05, 3.63) is 29.8 Å². The van der Waals surface area contributed by atoms with Gasteiger partial charge in [0.05, 0.1) is 13.2 Å². The highest BCUT2D eigenvalue weighted by Crippen LogP contribution is 2.31. The molecule has 1 fully saturated rings. The van der Waals surface area contributed by atoms with Crippen LogP contribution in [0, 0.1) is 0 Å². The van der Waals surface area contributed by atoms with Gasteiger partial charge in [-0.25, -0.2) is 0 Å². The molecule has 1 aliphatic heterocycles. The summed E-state index contributed by atoms with van der Waals surface area (Å²) in [5.74, 6) is -0.276. The Kier molecular flexibility index (Phi) is 7.17. The van der Waals surface area contributed by atoms with Crippen LogP contribution >= 0.6 is 0 Å². The third kappa shape index (κ3) is 5.81. The summed E-state index contributed by atoms with van der Waals surface area (Å²) in [7, 11) is 0. The highest BCUT2D eigenvalue weighted by atomic mass is 16.5. The molecule has 1 saturated heterocycles. The number of hydrogen-bond donors (Lipinski definition) is 1. The lowest BCUT2D eigenvalue weighted by molar-refractivity contribution is -0.123. The predicted molar refractivity (Wildman–Crippen MR) is 103 cm³/mol. The molecule has 0 atom stereocenters. The summed E-state index contributed by atoms with van der Waals surface area (Å²) >= 11 is 0. The molecular formula is C20H31N3O3. The third-order valence-electron chi connectivity index (χ3n) is 4.54. The van der Waals surface area contributed by atoms with Crippen molar-refractivity contribution in [2.45, 2.75) is 33.1 Å². The van der Waals surface area contributed by atoms with Crippen molar-refractivity contribution in [1.29, 1.82) is 0 Å². The maximum atomic E-state index is 12.4. The van der Waals surface area contributed by atoms with Gasteiger partial charge in [0.25, 0.3) is 0 Å². The highest BCUT2D eigenvalue weighted by molar-refractivity contribution is 5.98. The van der Waals surface area contributed by atoms with Gasteiger partial charge in [0.15, 0.2) is 0 Å². The van der Waals surface area contributed by atoms with Crippen LogP contribution in [0.3, 0.4) is 0 Å². The van der Waals surface area contributed by atoms with E-state index in [0.29, 0.717) is 6.54 Å². The van der Waals surface area contributed by atoms with Crippen molar-refractivity contribution in [1.82, 2.24) is 10.2 Å². The van der Waals surface area contributed by atoms with Crippen LogP contribution in [0.25, 0.3) is 0 Å². The summed E-state index contributed by atoms with van der Waals surface area (Å²) in [6.07, 6.45) is 0. The van der Waals surface area contributed by atoms with Gasteiger partial charge in [-0.1, -0.05) is 39.0 Å². The highest BCUT2D eigenvalue weighted by Gasteiger charge is 2.24. The van der Waals surface area contributed by atoms with Gasteiger partial charge in [0, 0.05) is 38.8 Å². The topological polar surface area (TPSA) is 61.9 Å². The van der Waals surface area contributed by atoms with E-state index in [9.17, 15) is 9.59 Å². The Hall–Kier alpha value is -1.92. The minimum atomic E-state index is -0.142. The summed E-state index contributed by atoms with van der Waals surface area (Å²) in [4.78, 5) is 28.4. The number of hydrogen-bond acceptors (Lipinski definition) is 4. The predicted octanol–water partition coefficient (Wildman–Crippen LogP) is 1.79. The van der Waals surface area contributed by atoms with Crippen LogP contribution in [0.2, 0.25) is 0 Å². The minimum Gasteiger partial charge on any atom is -0.379 e. The Balaban J connectivity index is 1.98. The van der Waals surface area contributed by atoms with E-state index in [1.54, 1.807) is 4.90 Å². The monoisotopic (exact) mass is 361 g/mol. The van der Waals surface area contributed by atoms with Crippen LogP contribution in [0.5, 0.6) is 0 Å². The Morgan fingerprint density at radius 3 is 2.46 bits per heavy atom. The van der Waals surface area contributed by atoms with Gasteiger partial charge in [-0.15, -0.1) is 0 Å². The largest absolute Gasteiger partial charge is 0.379 e. The zero-order chi connectivity index (χ0) is 19.2. The smallest absolute Gasteiger partial charge is 0.240 e. The number of ether oxygens (including phenoxy) is 1. The van der Waals surface area contributed by atoms with Gasteiger partial charge in [-0.2, -0.15) is 0 Å². The molecule has 144 valence electrons. The van der Waals surface area contributed by atoms with E-state index in [1.165, 1.54) is 6.92 Å². The zero-order valence-corrected chi connectivity index (χ0v) is 16.4. The van der Waals surface area contributed by atoms with E-state index in [4.69, 9.17) is 4.74 Å². The van der Waals surface area contributed by atoms with E-state index in [-0.39, 0.29) is 23.8 Å². The lowest BCUT2D eigenvalue weighted by Gasteiger charge is -2.29. The van der Waals surface area contributed by atoms with Gasteiger partial charge >= 0.3 is 0 Å². The van der Waals surface area contributed by atoms with Gasteiger partial charge < -0.3 is 15.0 Å². The van der Waals surface area contributed by atoms with Crippen LogP contribution in [0.1, 0.15) is 33.3 Å². The fourth-order valence-electron chi connectivity index (χ4n) is 3.09. The van der Waals surface area contributed by atoms with Crippen molar-refractivity contribution < 1.29 is 14.3 Å². The maximum Gasteiger partial charge on any atom is 0.240 e. The molecule has 1 aromatic carbocycles. The number of amides is 2. The second-order valence-corrected chi connectivity index (χ2v) is 7.68. The van der Waals surface area contributed by atoms with E-state index in [2.05, 4.69) is 31.0 Å². The first kappa shape index (κ1) is 20.4. The number of anilines is 1. The van der Waals surface area contributed by atoms with Crippen LogP contribution < -0.4 is 10.2 Å². The zero-order valence-electron chi connectivity index (χ0n) is 16.4. The van der Waals surface area contributed by atoms with Crippen LogP contribution in [0.4, 0.5) is 5.69 Å². The van der Waals surface area contributed by atoms with E-state index in [0.717, 1.165) is 44.1 Å². The molecule has 6 heteroatoms. The number of carbonyl (C=O) groups is 2. The summed E-state index contributed by atoms with van der Waals surface area (Å²) in [6.45, 7) is 12.5. The first-order valence-corrected chi connectivity index (χ1v) is 9.23. The van der Waals surface area contributed by atoms with E-state index < -0.39 is 0 Å². The first-order valence-electron chi connectivity index (χ1n) is 9.23. The Morgan fingerprint density at radius 1 is 1.19 bits per heavy atom. The number of para-hydroxylation sites is 1. The van der Waals surface area contributed by atoms with Crippen molar-refractivity contribution in [3.8, 4) is 0 Å². The molecule has 0 unspecified atom stereocenters. The number of nitrogens with zero attached hydrogens (tertiary/aromatic N) is 2. The Bertz CT molecular complexity index is 619. The normalized spacial score (nSPS) is 15.5. The molecular weight excluding hydrogens is 330 g/mol. The summed E-state index contributed by atoms with van der Waals surface area (Å²) in [5.41, 5.74) is 1.74. The standard InChI is InChI=1S/C20H31N3O3/c1-16(24)23(18-8-6-5-7-17(18)20(2,3)4)15-19(25)21-9-10-22-11-13-26-14-12-22/h5-8H,9-15H2,1-4H3,(H,21,25). The molecule has 0 radical (unpaired) electrons. The third-order valence-corrected chi connectivity index (χ3v) is 4.54. The van der Waals surface area contributed by atoms with Crippen molar-refractivity contribution >= 4 is 17.5 Å². The molecule has 0 saturated carbocycles. The number of rotatable bonds is 6. The minimum absolute atomic E-state index is 0.0333. The molecule has 1 aliphatic rings. The Labute approximate surface area is 156 Å². The average Bonchev–Trinajstić information content (AvgIpc) is 2.59. The van der Waals surface area contributed by atoms with Crippen LogP contribution in [-0.4, -0.2) is 62.7 Å². The summed E-state index contributed by atoms with van der Waals surface area (Å²) in [6, 6.07) is 7.78. The van der Waals surface area contributed by atoms with Gasteiger partial charge in [0.2, 0.25) is 11.8 Å². The van der Waals surface area contributed by atoms with Crippen molar-refractivity contribution in [2.24, 2.45) is 0 Å². The molecule has 6 nitrogen and oxygen atoms in total. The van der Waals surface area contributed by atoms with Gasteiger partial charge in [0.1, 0.15) is 6.54 Å². The second kappa shape index (κ2) is 9.14. The molecule has 1 N–H and O–H groups in total. The SMILES string of the molecule is CC(=O)N(CC(=O)NCCN1CCOCC1)c1ccccc1C(C)(C)C. The molecule has 0 bridgehead atoms. The fourth-order valence-corrected chi connectivity index (χ4v) is 3.09. The molecule has 2 rings (SSSR count). The number of carbonyl (C=O) groups excluding carboxylic acids is 2. The van der Waals surface area contributed by atoms with Crippen LogP contribution in [0.15, 0.2) is 24.3 Å². The van der Waals surface area contributed by atoms with Gasteiger partial charge in [-0.05, 0) is 17.0 Å². The lowest BCUT2D eigenvalue weighted by Crippen LogP contribution is -2.44. The average molecular weight is 361 g/mol.